The predicted octanol–water partition coefficient (Wildman–Crippen LogP) is 4.89. The van der Waals surface area contributed by atoms with Crippen LogP contribution >= 0.6 is 0 Å². The fraction of sp³-hybridized carbons (Fsp3) is 0.333. The first-order chi connectivity index (χ1) is 14.3. The number of benzene rings is 2. The summed E-state index contributed by atoms with van der Waals surface area (Å²) in [5.41, 5.74) is 0.0696. The molecule has 0 N–H and O–H groups in total. The first-order valence-corrected chi connectivity index (χ1v) is 9.51. The summed E-state index contributed by atoms with van der Waals surface area (Å²) in [5.74, 6) is -3.68. The van der Waals surface area contributed by atoms with Crippen LogP contribution in [0.25, 0.3) is 11.0 Å². The SMILES string of the molecule is O=C(c1c(F)cccc1F)N1CCC(Cn2c(C(F)(F)F)nc3ccccc32)CC1. The van der Waals surface area contributed by atoms with Crippen molar-refractivity contribution in [1.29, 1.82) is 0 Å². The molecule has 0 aliphatic carbocycles. The lowest BCUT2D eigenvalue weighted by atomic mass is 9.96. The van der Waals surface area contributed by atoms with Crippen LogP contribution in [0.4, 0.5) is 22.0 Å². The first kappa shape index (κ1) is 20.3. The highest BCUT2D eigenvalue weighted by Gasteiger charge is 2.38. The van der Waals surface area contributed by atoms with Crippen molar-refractivity contribution in [2.24, 2.45) is 5.92 Å². The molecule has 0 radical (unpaired) electrons. The second-order valence-corrected chi connectivity index (χ2v) is 7.36. The Bertz CT molecular complexity index is 1060. The number of halogens is 5. The van der Waals surface area contributed by atoms with E-state index in [1.807, 2.05) is 0 Å². The molecule has 1 aromatic heterocycles. The molecular weight excluding hydrogens is 405 g/mol. The van der Waals surface area contributed by atoms with Crippen LogP contribution in [-0.4, -0.2) is 33.4 Å². The summed E-state index contributed by atoms with van der Waals surface area (Å²) in [7, 11) is 0. The van der Waals surface area contributed by atoms with E-state index in [4.69, 9.17) is 0 Å². The molecule has 9 heteroatoms. The number of imidazole rings is 1. The molecule has 1 aliphatic rings. The maximum atomic E-state index is 13.9. The van der Waals surface area contributed by atoms with E-state index >= 15 is 0 Å². The van der Waals surface area contributed by atoms with Crippen LogP contribution in [-0.2, 0) is 12.7 Å². The van der Waals surface area contributed by atoms with Crippen molar-refractivity contribution in [3.8, 4) is 0 Å². The van der Waals surface area contributed by atoms with Gasteiger partial charge in [-0.15, -0.1) is 0 Å². The molecule has 4 nitrogen and oxygen atoms in total. The van der Waals surface area contributed by atoms with Gasteiger partial charge in [0.1, 0.15) is 17.2 Å². The molecule has 0 spiro atoms. The number of para-hydroxylation sites is 2. The minimum absolute atomic E-state index is 0.103. The van der Waals surface area contributed by atoms with Gasteiger partial charge in [0.15, 0.2) is 0 Å². The number of carbonyl (C=O) groups excluding carboxylic acids is 1. The van der Waals surface area contributed by atoms with Crippen molar-refractivity contribution in [3.05, 3.63) is 65.5 Å². The Labute approximate surface area is 168 Å². The Balaban J connectivity index is 1.50. The molecule has 2 aromatic carbocycles. The van der Waals surface area contributed by atoms with Crippen molar-refractivity contribution < 1.29 is 26.7 Å². The third-order valence-electron chi connectivity index (χ3n) is 5.43. The average Bonchev–Trinajstić information content (AvgIpc) is 3.07. The summed E-state index contributed by atoms with van der Waals surface area (Å²) in [6.07, 6.45) is -3.74. The van der Waals surface area contributed by atoms with E-state index in [2.05, 4.69) is 4.98 Å². The number of likely N-dealkylation sites (tertiary alicyclic amines) is 1. The van der Waals surface area contributed by atoms with E-state index in [1.165, 1.54) is 21.6 Å². The van der Waals surface area contributed by atoms with Gasteiger partial charge < -0.3 is 9.47 Å². The molecular formula is C21H18F5N3O. The van der Waals surface area contributed by atoms with Gasteiger partial charge in [-0.05, 0) is 43.0 Å². The monoisotopic (exact) mass is 423 g/mol. The Hall–Kier alpha value is -2.97. The van der Waals surface area contributed by atoms with Crippen LogP contribution in [0.15, 0.2) is 42.5 Å². The molecule has 3 aromatic rings. The van der Waals surface area contributed by atoms with Gasteiger partial charge in [-0.1, -0.05) is 18.2 Å². The molecule has 4 rings (SSSR count). The van der Waals surface area contributed by atoms with Gasteiger partial charge in [0, 0.05) is 19.6 Å². The summed E-state index contributed by atoms with van der Waals surface area (Å²) in [4.78, 5) is 17.6. The number of fused-ring (bicyclic) bond motifs is 1. The number of carbonyl (C=O) groups is 1. The molecule has 0 bridgehead atoms. The zero-order chi connectivity index (χ0) is 21.5. The topological polar surface area (TPSA) is 38.1 Å². The lowest BCUT2D eigenvalue weighted by Gasteiger charge is -2.32. The number of nitrogens with zero attached hydrogens (tertiary/aromatic N) is 3. The number of hydrogen-bond acceptors (Lipinski definition) is 2. The Morgan fingerprint density at radius 3 is 2.27 bits per heavy atom. The molecule has 2 heterocycles. The summed E-state index contributed by atoms with van der Waals surface area (Å²) < 4.78 is 69.3. The van der Waals surface area contributed by atoms with Crippen LogP contribution in [0.2, 0.25) is 0 Å². The standard InChI is InChI=1S/C21H18F5N3O/c22-14-4-3-5-15(23)18(14)19(30)28-10-8-13(9-11-28)12-29-17-7-2-1-6-16(17)27-20(29)21(24,25)26/h1-7,13H,8-12H2. The number of amides is 1. The number of alkyl halides is 3. The third-order valence-corrected chi connectivity index (χ3v) is 5.43. The van der Waals surface area contributed by atoms with Crippen LogP contribution < -0.4 is 0 Å². The Morgan fingerprint density at radius 2 is 1.63 bits per heavy atom. The zero-order valence-electron chi connectivity index (χ0n) is 15.8. The fourth-order valence-corrected chi connectivity index (χ4v) is 3.91. The molecule has 1 saturated heterocycles. The Morgan fingerprint density at radius 1 is 1.00 bits per heavy atom. The maximum absolute atomic E-state index is 13.9. The number of rotatable bonds is 3. The number of hydrogen-bond donors (Lipinski definition) is 0. The van der Waals surface area contributed by atoms with Crippen molar-refractivity contribution in [1.82, 2.24) is 14.5 Å². The van der Waals surface area contributed by atoms with E-state index in [-0.39, 0.29) is 31.1 Å². The quantitative estimate of drug-likeness (QED) is 0.563. The van der Waals surface area contributed by atoms with Crippen molar-refractivity contribution in [3.63, 3.8) is 0 Å². The molecule has 30 heavy (non-hydrogen) atoms. The van der Waals surface area contributed by atoms with Crippen molar-refractivity contribution >= 4 is 16.9 Å². The largest absolute Gasteiger partial charge is 0.449 e. The molecule has 1 amide bonds. The van der Waals surface area contributed by atoms with Gasteiger partial charge in [0.05, 0.1) is 11.0 Å². The second-order valence-electron chi connectivity index (χ2n) is 7.36. The second kappa shape index (κ2) is 7.70. The minimum atomic E-state index is -4.59. The maximum Gasteiger partial charge on any atom is 0.449 e. The lowest BCUT2D eigenvalue weighted by Crippen LogP contribution is -2.40. The van der Waals surface area contributed by atoms with Gasteiger partial charge in [-0.3, -0.25) is 4.79 Å². The molecule has 158 valence electrons. The highest BCUT2D eigenvalue weighted by atomic mass is 19.4. The van der Waals surface area contributed by atoms with Gasteiger partial charge in [0.25, 0.3) is 5.91 Å². The molecule has 0 unspecified atom stereocenters. The van der Waals surface area contributed by atoms with Crippen LogP contribution in [0.5, 0.6) is 0 Å². The van der Waals surface area contributed by atoms with E-state index < -0.39 is 35.1 Å². The number of piperidine rings is 1. The summed E-state index contributed by atoms with van der Waals surface area (Å²) >= 11 is 0. The molecule has 1 fully saturated rings. The zero-order valence-corrected chi connectivity index (χ0v) is 15.8. The van der Waals surface area contributed by atoms with Gasteiger partial charge in [-0.2, -0.15) is 13.2 Å². The summed E-state index contributed by atoms with van der Waals surface area (Å²) in [5, 5.41) is 0. The van der Waals surface area contributed by atoms with E-state index in [0.717, 1.165) is 12.1 Å². The van der Waals surface area contributed by atoms with Gasteiger partial charge >= 0.3 is 6.18 Å². The first-order valence-electron chi connectivity index (χ1n) is 9.51. The highest BCUT2D eigenvalue weighted by Crippen LogP contribution is 2.33. The van der Waals surface area contributed by atoms with Gasteiger partial charge in [-0.25, -0.2) is 13.8 Å². The number of aromatic nitrogens is 2. The molecule has 0 atom stereocenters. The van der Waals surface area contributed by atoms with E-state index in [0.29, 0.717) is 18.4 Å². The highest BCUT2D eigenvalue weighted by molar-refractivity contribution is 5.94. The predicted molar refractivity (Wildman–Crippen MR) is 99.7 cm³/mol. The fourth-order valence-electron chi connectivity index (χ4n) is 3.91. The summed E-state index contributed by atoms with van der Waals surface area (Å²) in [6, 6.07) is 9.64. The van der Waals surface area contributed by atoms with Crippen molar-refractivity contribution in [2.45, 2.75) is 25.6 Å². The van der Waals surface area contributed by atoms with Crippen LogP contribution in [0.3, 0.4) is 0 Å². The van der Waals surface area contributed by atoms with Crippen LogP contribution in [0.1, 0.15) is 29.0 Å². The van der Waals surface area contributed by atoms with E-state index in [1.54, 1.807) is 18.2 Å². The third kappa shape index (κ3) is 3.76. The lowest BCUT2D eigenvalue weighted by molar-refractivity contribution is -0.147. The molecule has 0 saturated carbocycles. The average molecular weight is 423 g/mol. The smallest absolute Gasteiger partial charge is 0.338 e. The van der Waals surface area contributed by atoms with E-state index in [9.17, 15) is 26.7 Å². The minimum Gasteiger partial charge on any atom is -0.338 e. The molecule has 1 aliphatic heterocycles. The Kier molecular flexibility index (Phi) is 5.21. The van der Waals surface area contributed by atoms with Crippen molar-refractivity contribution in [2.75, 3.05) is 13.1 Å². The normalized spacial score (nSPS) is 15.7. The van der Waals surface area contributed by atoms with Crippen LogP contribution in [0, 0.1) is 17.6 Å². The van der Waals surface area contributed by atoms with Gasteiger partial charge in [0.2, 0.25) is 5.82 Å². The summed E-state index contributed by atoms with van der Waals surface area (Å²) in [6.45, 7) is 0.530.